The Bertz CT molecular complexity index is 1130. The fourth-order valence-electron chi connectivity index (χ4n) is 5.00. The quantitative estimate of drug-likeness (QED) is 0.445. The smallest absolute Gasteiger partial charge is 0.252 e. The topological polar surface area (TPSA) is 108 Å². The van der Waals surface area contributed by atoms with Crippen molar-refractivity contribution in [3.63, 3.8) is 0 Å². The number of carbonyl (C=O) groups is 1. The Kier molecular flexibility index (Phi) is 9.03. The van der Waals surface area contributed by atoms with E-state index in [2.05, 4.69) is 11.4 Å². The molecule has 38 heavy (non-hydrogen) atoms. The van der Waals surface area contributed by atoms with Crippen LogP contribution in [-0.4, -0.2) is 63.0 Å². The number of methoxy groups -OCH3 is 2. The third-order valence-corrected chi connectivity index (χ3v) is 6.85. The molecular weight excluding hydrogens is 488 g/mol. The van der Waals surface area contributed by atoms with Gasteiger partial charge in [-0.3, -0.25) is 4.79 Å². The van der Waals surface area contributed by atoms with Crippen molar-refractivity contribution < 1.29 is 33.2 Å². The van der Waals surface area contributed by atoms with Gasteiger partial charge in [-0.1, -0.05) is 24.3 Å². The Morgan fingerprint density at radius 3 is 2.58 bits per heavy atom. The Hall–Kier alpha value is -3.00. The van der Waals surface area contributed by atoms with E-state index in [1.165, 1.54) is 0 Å². The largest absolute Gasteiger partial charge is 0.497 e. The number of hydrogen-bond donors (Lipinski definition) is 1. The molecule has 2 aliphatic rings. The molecule has 0 radical (unpaired) electrons. The minimum atomic E-state index is -1.21. The molecule has 1 aliphatic heterocycles. The van der Waals surface area contributed by atoms with Crippen LogP contribution in [0.1, 0.15) is 43.4 Å². The molecule has 2 fully saturated rings. The number of nitrogens with zero attached hydrogens (tertiary/aromatic N) is 1. The van der Waals surface area contributed by atoms with Gasteiger partial charge >= 0.3 is 0 Å². The molecule has 1 saturated carbocycles. The average Bonchev–Trinajstić information content (AvgIpc) is 3.24. The highest BCUT2D eigenvalue weighted by Gasteiger charge is 2.58. The predicted octanol–water partition coefficient (Wildman–Crippen LogP) is 3.48. The van der Waals surface area contributed by atoms with E-state index >= 15 is 0 Å². The van der Waals surface area contributed by atoms with Gasteiger partial charge in [0.2, 0.25) is 0 Å². The van der Waals surface area contributed by atoms with E-state index in [9.17, 15) is 4.79 Å². The molecule has 2 aromatic rings. The number of fused-ring (bicyclic) bond motifs is 1. The summed E-state index contributed by atoms with van der Waals surface area (Å²) in [5, 5.41) is 12.0. The second-order valence-electron chi connectivity index (χ2n) is 10.1. The van der Waals surface area contributed by atoms with Crippen LogP contribution in [-0.2, 0) is 41.7 Å². The number of ether oxygens (including phenoxy) is 6. The van der Waals surface area contributed by atoms with E-state index in [-0.39, 0.29) is 25.0 Å². The van der Waals surface area contributed by atoms with Crippen LogP contribution >= 0.6 is 0 Å². The van der Waals surface area contributed by atoms with Gasteiger partial charge in [-0.05, 0) is 49.2 Å². The van der Waals surface area contributed by atoms with Crippen molar-refractivity contribution >= 4 is 5.91 Å². The molecule has 9 nitrogen and oxygen atoms in total. The number of amides is 1. The third kappa shape index (κ3) is 6.70. The predicted molar refractivity (Wildman–Crippen MR) is 138 cm³/mol. The maximum Gasteiger partial charge on any atom is 0.252 e. The lowest BCUT2D eigenvalue weighted by Crippen LogP contribution is -2.60. The minimum absolute atomic E-state index is 0.207. The normalized spacial score (nSPS) is 25.8. The van der Waals surface area contributed by atoms with Gasteiger partial charge in [0.05, 0.1) is 50.8 Å². The molecule has 1 heterocycles. The molecule has 1 amide bonds. The minimum Gasteiger partial charge on any atom is -0.497 e. The molecule has 4 atom stereocenters. The van der Waals surface area contributed by atoms with Gasteiger partial charge in [0.25, 0.3) is 5.91 Å². The molecule has 0 spiro atoms. The van der Waals surface area contributed by atoms with Crippen LogP contribution in [0.4, 0.5) is 0 Å². The number of rotatable bonds is 11. The SMILES string of the molecule is COCCNC(=O)[C@@]1(OCc2cccc(OC)c2)CC(OCc2ccc(C#N)cc2)[C@@H]2OC(C)(C)O[C@@H]2C1. The van der Waals surface area contributed by atoms with Gasteiger partial charge in [0.15, 0.2) is 11.4 Å². The standard InChI is InChI=1S/C29H36N2O7/c1-28(2)37-25-16-29(27(32)31-12-13-33-3,36-19-22-6-5-7-23(14-22)34-4)15-24(26(25)38-28)35-18-21-10-8-20(17-30)9-11-21/h5-11,14,24-26H,12-13,15-16,18-19H2,1-4H3,(H,31,32)/t24?,25-,26+,29-/m1/s1. The van der Waals surface area contributed by atoms with Crippen LogP contribution in [0.15, 0.2) is 48.5 Å². The first-order chi connectivity index (χ1) is 18.3. The van der Waals surface area contributed by atoms with E-state index in [1.807, 2.05) is 50.2 Å². The van der Waals surface area contributed by atoms with Crippen LogP contribution in [0, 0.1) is 11.3 Å². The van der Waals surface area contributed by atoms with Gasteiger partial charge in [0, 0.05) is 26.5 Å². The van der Waals surface area contributed by atoms with Crippen molar-refractivity contribution in [3.05, 3.63) is 65.2 Å². The summed E-state index contributed by atoms with van der Waals surface area (Å²) in [7, 11) is 3.20. The molecule has 204 valence electrons. The van der Waals surface area contributed by atoms with Crippen LogP contribution < -0.4 is 10.1 Å². The highest BCUT2D eigenvalue weighted by atomic mass is 16.8. The number of hydrogen-bond acceptors (Lipinski definition) is 8. The van der Waals surface area contributed by atoms with Gasteiger partial charge < -0.3 is 33.7 Å². The zero-order valence-corrected chi connectivity index (χ0v) is 22.4. The van der Waals surface area contributed by atoms with Gasteiger partial charge in [-0.15, -0.1) is 0 Å². The lowest BCUT2D eigenvalue weighted by Gasteiger charge is -2.43. The maximum absolute atomic E-state index is 13.7. The molecule has 1 N–H and O–H groups in total. The fourth-order valence-corrected chi connectivity index (χ4v) is 5.00. The Labute approximate surface area is 223 Å². The van der Waals surface area contributed by atoms with Gasteiger partial charge in [-0.2, -0.15) is 5.26 Å². The van der Waals surface area contributed by atoms with E-state index in [0.717, 1.165) is 11.1 Å². The second kappa shape index (κ2) is 12.2. The Morgan fingerprint density at radius 1 is 1.08 bits per heavy atom. The van der Waals surface area contributed by atoms with E-state index in [4.69, 9.17) is 33.7 Å². The number of carbonyl (C=O) groups excluding carboxylic acids is 1. The van der Waals surface area contributed by atoms with Crippen molar-refractivity contribution in [3.8, 4) is 11.8 Å². The number of benzene rings is 2. The van der Waals surface area contributed by atoms with Crippen molar-refractivity contribution in [2.24, 2.45) is 0 Å². The van der Waals surface area contributed by atoms with Crippen molar-refractivity contribution in [1.29, 1.82) is 5.26 Å². The summed E-state index contributed by atoms with van der Waals surface area (Å²) in [6, 6.07) is 16.9. The first kappa shape index (κ1) is 28.0. The van der Waals surface area contributed by atoms with Gasteiger partial charge in [-0.25, -0.2) is 0 Å². The Balaban J connectivity index is 1.58. The summed E-state index contributed by atoms with van der Waals surface area (Å²) in [5.41, 5.74) is 1.17. The third-order valence-electron chi connectivity index (χ3n) is 6.85. The van der Waals surface area contributed by atoms with Crippen LogP contribution in [0.25, 0.3) is 0 Å². The number of nitriles is 1. The second-order valence-corrected chi connectivity index (χ2v) is 10.1. The molecule has 2 aromatic carbocycles. The number of nitrogens with one attached hydrogen (secondary N) is 1. The first-order valence-corrected chi connectivity index (χ1v) is 12.8. The van der Waals surface area contributed by atoms with Crippen LogP contribution in [0.3, 0.4) is 0 Å². The highest BCUT2D eigenvalue weighted by molar-refractivity contribution is 5.85. The molecule has 0 aromatic heterocycles. The van der Waals surface area contributed by atoms with Gasteiger partial charge in [0.1, 0.15) is 11.9 Å². The summed E-state index contributed by atoms with van der Waals surface area (Å²) in [6.07, 6.45) is -0.621. The molecule has 4 rings (SSSR count). The van der Waals surface area contributed by atoms with Crippen molar-refractivity contribution in [1.82, 2.24) is 5.32 Å². The summed E-state index contributed by atoms with van der Waals surface area (Å²) in [4.78, 5) is 13.7. The summed E-state index contributed by atoms with van der Waals surface area (Å²) >= 11 is 0. The molecule has 1 unspecified atom stereocenters. The lowest BCUT2D eigenvalue weighted by atomic mass is 9.78. The molecule has 1 saturated heterocycles. The van der Waals surface area contributed by atoms with Crippen molar-refractivity contribution in [2.45, 2.75) is 69.6 Å². The molecule has 1 aliphatic carbocycles. The van der Waals surface area contributed by atoms with E-state index in [1.54, 1.807) is 26.4 Å². The average molecular weight is 525 g/mol. The molecular formula is C29H36N2O7. The Morgan fingerprint density at radius 2 is 1.87 bits per heavy atom. The molecule has 0 bridgehead atoms. The summed E-state index contributed by atoms with van der Waals surface area (Å²) in [6.45, 7) is 4.96. The monoisotopic (exact) mass is 524 g/mol. The van der Waals surface area contributed by atoms with Crippen LogP contribution in [0.5, 0.6) is 5.75 Å². The lowest BCUT2D eigenvalue weighted by molar-refractivity contribution is -0.183. The van der Waals surface area contributed by atoms with E-state index < -0.39 is 23.6 Å². The molecule has 9 heteroatoms. The van der Waals surface area contributed by atoms with Crippen LogP contribution in [0.2, 0.25) is 0 Å². The summed E-state index contributed by atoms with van der Waals surface area (Å²) in [5.74, 6) is -0.344. The summed E-state index contributed by atoms with van der Waals surface area (Å²) < 4.78 is 35.8. The highest BCUT2D eigenvalue weighted by Crippen LogP contribution is 2.44. The van der Waals surface area contributed by atoms with Crippen molar-refractivity contribution in [2.75, 3.05) is 27.4 Å². The maximum atomic E-state index is 13.7. The zero-order chi connectivity index (χ0) is 27.2. The zero-order valence-electron chi connectivity index (χ0n) is 22.4. The first-order valence-electron chi connectivity index (χ1n) is 12.8. The van der Waals surface area contributed by atoms with E-state index in [0.29, 0.717) is 37.5 Å². The fraction of sp³-hybridized carbons (Fsp3) is 0.517.